The predicted molar refractivity (Wildman–Crippen MR) is 39.7 cm³/mol. The van der Waals surface area contributed by atoms with Crippen LogP contribution in [0.25, 0.3) is 0 Å². The molecule has 0 bridgehead atoms. The first-order chi connectivity index (χ1) is 5.52. The summed E-state index contributed by atoms with van der Waals surface area (Å²) in [5.41, 5.74) is 0.279. The summed E-state index contributed by atoms with van der Waals surface area (Å²) < 4.78 is 36.4. The van der Waals surface area contributed by atoms with Crippen LogP contribution in [0.1, 0.15) is 18.4 Å². The van der Waals surface area contributed by atoms with E-state index in [1.54, 1.807) is 0 Å². The van der Waals surface area contributed by atoms with Gasteiger partial charge in [-0.3, -0.25) is 0 Å². The monoisotopic (exact) mass is 173 g/mol. The average Bonchev–Trinajstić information content (AvgIpc) is 2.03. The molecule has 0 amide bonds. The molecule has 1 aromatic carbocycles. The summed E-state index contributed by atoms with van der Waals surface area (Å²) in [6.07, 6.45) is -4.15. The van der Waals surface area contributed by atoms with Crippen molar-refractivity contribution in [3.8, 4) is 0 Å². The highest BCUT2D eigenvalue weighted by Gasteiger charge is 2.36. The Morgan fingerprint density at radius 2 is 1.75 bits per heavy atom. The van der Waals surface area contributed by atoms with Crippen molar-refractivity contribution < 1.29 is 13.2 Å². The van der Waals surface area contributed by atoms with Gasteiger partial charge in [0, 0.05) is 0 Å². The van der Waals surface area contributed by atoms with Gasteiger partial charge >= 0.3 is 6.18 Å². The Hall–Kier alpha value is -0.990. The molecule has 3 heteroatoms. The maximum absolute atomic E-state index is 12.1. The summed E-state index contributed by atoms with van der Waals surface area (Å²) in [5.74, 6) is -1.40. The van der Waals surface area contributed by atoms with Crippen LogP contribution >= 0.6 is 0 Å². The maximum Gasteiger partial charge on any atom is 0.395 e. The third kappa shape index (κ3) is 2.00. The van der Waals surface area contributed by atoms with Crippen molar-refractivity contribution in [3.05, 3.63) is 35.9 Å². The Labute approximate surface area is 69.0 Å². The van der Waals surface area contributed by atoms with Crippen LogP contribution in [0.3, 0.4) is 0 Å². The minimum atomic E-state index is -4.15. The van der Waals surface area contributed by atoms with Crippen LogP contribution < -0.4 is 0 Å². The van der Waals surface area contributed by atoms with Crippen molar-refractivity contribution in [2.24, 2.45) is 0 Å². The van der Waals surface area contributed by atoms with Crippen LogP contribution in [-0.2, 0) is 0 Å². The van der Waals surface area contributed by atoms with Gasteiger partial charge in [0.25, 0.3) is 0 Å². The molecule has 0 heterocycles. The third-order valence-electron chi connectivity index (χ3n) is 1.74. The lowest BCUT2D eigenvalue weighted by atomic mass is 10.0. The van der Waals surface area contributed by atoms with E-state index in [0.29, 0.717) is 0 Å². The van der Waals surface area contributed by atoms with E-state index in [1.165, 1.54) is 24.3 Å². The van der Waals surface area contributed by atoms with E-state index in [2.05, 4.69) is 6.07 Å². The number of halogens is 3. The van der Waals surface area contributed by atoms with Gasteiger partial charge in [0.1, 0.15) is 0 Å². The number of rotatable bonds is 1. The molecule has 12 heavy (non-hydrogen) atoms. The van der Waals surface area contributed by atoms with E-state index in [-0.39, 0.29) is 5.56 Å². The van der Waals surface area contributed by atoms with Crippen LogP contribution in [0.4, 0.5) is 13.2 Å². The van der Waals surface area contributed by atoms with Crippen molar-refractivity contribution in [2.75, 3.05) is 0 Å². The van der Waals surface area contributed by atoms with Gasteiger partial charge in [-0.15, -0.1) is 0 Å². The Morgan fingerprint density at radius 1 is 1.25 bits per heavy atom. The zero-order chi connectivity index (χ0) is 9.19. The van der Waals surface area contributed by atoms with Crippen LogP contribution in [-0.4, -0.2) is 6.18 Å². The zero-order valence-electron chi connectivity index (χ0n) is 6.52. The molecule has 0 saturated carbocycles. The van der Waals surface area contributed by atoms with Crippen LogP contribution in [0.15, 0.2) is 24.3 Å². The summed E-state index contributed by atoms with van der Waals surface area (Å²) in [6.45, 7) is 1.15. The molecule has 1 unspecified atom stereocenters. The fraction of sp³-hybridized carbons (Fsp3) is 0.333. The van der Waals surface area contributed by atoms with Crippen LogP contribution in [0.2, 0.25) is 0 Å². The molecule has 0 aliphatic carbocycles. The molecular formula is C9H8F3. The Bertz CT molecular complexity index is 238. The molecule has 0 saturated heterocycles. The van der Waals surface area contributed by atoms with Gasteiger partial charge in [0.05, 0.1) is 5.92 Å². The maximum atomic E-state index is 12.1. The smallest absolute Gasteiger partial charge is 0.170 e. The van der Waals surface area contributed by atoms with Crippen molar-refractivity contribution >= 4 is 0 Å². The Kier molecular flexibility index (Phi) is 2.40. The molecule has 0 N–H and O–H groups in total. The second-order valence-electron chi connectivity index (χ2n) is 2.60. The predicted octanol–water partition coefficient (Wildman–Crippen LogP) is 3.15. The number of hydrogen-bond acceptors (Lipinski definition) is 0. The largest absolute Gasteiger partial charge is 0.395 e. The van der Waals surface area contributed by atoms with Gasteiger partial charge in [0.2, 0.25) is 0 Å². The highest BCUT2D eigenvalue weighted by Crippen LogP contribution is 2.33. The van der Waals surface area contributed by atoms with E-state index in [1.807, 2.05) is 0 Å². The fourth-order valence-corrected chi connectivity index (χ4v) is 0.877. The lowest BCUT2D eigenvalue weighted by molar-refractivity contribution is -0.146. The molecule has 0 aliphatic heterocycles. The van der Waals surface area contributed by atoms with E-state index in [4.69, 9.17) is 0 Å². The zero-order valence-corrected chi connectivity index (χ0v) is 6.52. The fourth-order valence-electron chi connectivity index (χ4n) is 0.877. The van der Waals surface area contributed by atoms with Crippen molar-refractivity contribution in [3.63, 3.8) is 0 Å². The standard InChI is InChI=1S/C9H8F3/c1-7(9(10,11)12)8-5-3-2-4-6-8/h3-7H,1H3. The van der Waals surface area contributed by atoms with Gasteiger partial charge in [-0.05, 0) is 18.6 Å². The first-order valence-electron chi connectivity index (χ1n) is 3.54. The van der Waals surface area contributed by atoms with E-state index in [0.717, 1.165) is 6.92 Å². The summed E-state index contributed by atoms with van der Waals surface area (Å²) in [4.78, 5) is 0. The van der Waals surface area contributed by atoms with Crippen molar-refractivity contribution in [2.45, 2.75) is 19.0 Å². The summed E-state index contributed by atoms with van der Waals surface area (Å²) in [7, 11) is 0. The van der Waals surface area contributed by atoms with Crippen molar-refractivity contribution in [1.82, 2.24) is 0 Å². The Morgan fingerprint density at radius 3 is 2.17 bits per heavy atom. The highest BCUT2D eigenvalue weighted by molar-refractivity contribution is 5.19. The van der Waals surface area contributed by atoms with Crippen LogP contribution in [0.5, 0.6) is 0 Å². The lowest BCUT2D eigenvalue weighted by Crippen LogP contribution is -2.17. The van der Waals surface area contributed by atoms with E-state index >= 15 is 0 Å². The average molecular weight is 173 g/mol. The molecule has 1 aromatic rings. The molecular weight excluding hydrogens is 165 g/mol. The molecule has 0 aromatic heterocycles. The third-order valence-corrected chi connectivity index (χ3v) is 1.74. The van der Waals surface area contributed by atoms with E-state index < -0.39 is 12.1 Å². The lowest BCUT2D eigenvalue weighted by Gasteiger charge is -2.15. The van der Waals surface area contributed by atoms with E-state index in [9.17, 15) is 13.2 Å². The molecule has 1 rings (SSSR count). The summed E-state index contributed by atoms with van der Waals surface area (Å²) in [6, 6.07) is 8.50. The summed E-state index contributed by atoms with van der Waals surface area (Å²) in [5, 5.41) is 0. The number of alkyl halides is 3. The topological polar surface area (TPSA) is 0 Å². The molecule has 0 fully saturated rings. The highest BCUT2D eigenvalue weighted by atomic mass is 19.4. The second-order valence-corrected chi connectivity index (χ2v) is 2.60. The van der Waals surface area contributed by atoms with Crippen LogP contribution in [0, 0.1) is 6.07 Å². The number of benzene rings is 1. The Balaban J connectivity index is 2.86. The number of hydrogen-bond donors (Lipinski definition) is 0. The minimum absolute atomic E-state index is 0.279. The minimum Gasteiger partial charge on any atom is -0.170 e. The second kappa shape index (κ2) is 3.17. The molecule has 0 aliphatic rings. The van der Waals surface area contributed by atoms with Crippen molar-refractivity contribution in [1.29, 1.82) is 0 Å². The molecule has 1 atom stereocenters. The molecule has 65 valence electrons. The normalized spacial score (nSPS) is 14.3. The first-order valence-corrected chi connectivity index (χ1v) is 3.54. The van der Waals surface area contributed by atoms with Gasteiger partial charge in [-0.2, -0.15) is 13.2 Å². The quantitative estimate of drug-likeness (QED) is 0.612. The summed E-state index contributed by atoms with van der Waals surface area (Å²) >= 11 is 0. The first kappa shape index (κ1) is 9.10. The van der Waals surface area contributed by atoms with Gasteiger partial charge in [-0.25, -0.2) is 0 Å². The molecule has 0 spiro atoms. The SMILES string of the molecule is CC(c1cc[c]cc1)C(F)(F)F. The van der Waals surface area contributed by atoms with Gasteiger partial charge < -0.3 is 0 Å². The van der Waals surface area contributed by atoms with Gasteiger partial charge in [0.15, 0.2) is 0 Å². The molecule has 0 nitrogen and oxygen atoms in total. The van der Waals surface area contributed by atoms with Gasteiger partial charge in [-0.1, -0.05) is 24.3 Å². The molecule has 1 radical (unpaired) electrons.